The number of rotatable bonds is 7. The largest absolute Gasteiger partial charge is 0.417 e. The molecule has 0 radical (unpaired) electrons. The minimum absolute atomic E-state index is 0.00243. The average molecular weight is 614 g/mol. The van der Waals surface area contributed by atoms with E-state index in [0.29, 0.717) is 34.9 Å². The van der Waals surface area contributed by atoms with Gasteiger partial charge in [0.1, 0.15) is 0 Å². The number of aryl methyl sites for hydroxylation is 2. The number of nitrogens with zero attached hydrogens (tertiary/aromatic N) is 5. The first-order valence-electron chi connectivity index (χ1n) is 14.3. The van der Waals surface area contributed by atoms with E-state index < -0.39 is 23.2 Å². The molecule has 6 rings (SSSR count). The van der Waals surface area contributed by atoms with Crippen molar-refractivity contribution < 1.29 is 22.5 Å². The Morgan fingerprint density at radius 3 is 2.56 bits per heavy atom. The van der Waals surface area contributed by atoms with Gasteiger partial charge in [-0.1, -0.05) is 17.3 Å². The molecule has 2 N–H and O–H groups in total. The molecule has 2 aromatic carbocycles. The maximum absolute atomic E-state index is 14.1. The molecule has 230 valence electrons. The summed E-state index contributed by atoms with van der Waals surface area (Å²) in [4.78, 5) is 28.5. The minimum Gasteiger partial charge on any atom is -0.356 e. The van der Waals surface area contributed by atoms with Crippen molar-refractivity contribution in [3.8, 4) is 22.6 Å². The van der Waals surface area contributed by atoms with E-state index >= 15 is 0 Å². The van der Waals surface area contributed by atoms with E-state index in [1.54, 1.807) is 55.1 Å². The first kappa shape index (κ1) is 29.9. The SMILES string of the molecule is Cc1ccc(NC(=O)c2ccc(C3CCN(C)C3)cc2C(F)(F)F)cc1Nc1nccc(-c2cncc(-c3oncc3C)c2)n1. The second kappa shape index (κ2) is 12.1. The fourth-order valence-electron chi connectivity index (χ4n) is 5.46. The number of alkyl halides is 3. The number of nitrogens with one attached hydrogen (secondary N) is 2. The Labute approximate surface area is 257 Å². The van der Waals surface area contributed by atoms with Crippen LogP contribution in [0.3, 0.4) is 0 Å². The van der Waals surface area contributed by atoms with Crippen LogP contribution in [0.15, 0.2) is 77.8 Å². The summed E-state index contributed by atoms with van der Waals surface area (Å²) in [6, 6.07) is 12.7. The lowest BCUT2D eigenvalue weighted by Gasteiger charge is -2.18. The summed E-state index contributed by atoms with van der Waals surface area (Å²) in [5, 5.41) is 9.62. The molecule has 0 bridgehead atoms. The van der Waals surface area contributed by atoms with Crippen molar-refractivity contribution in [2.24, 2.45) is 0 Å². The van der Waals surface area contributed by atoms with Crippen LogP contribution in [0.4, 0.5) is 30.5 Å². The van der Waals surface area contributed by atoms with Gasteiger partial charge in [-0.05, 0) is 87.3 Å². The quantitative estimate of drug-likeness (QED) is 0.198. The molecule has 5 aromatic rings. The highest BCUT2D eigenvalue weighted by Crippen LogP contribution is 2.36. The van der Waals surface area contributed by atoms with Crippen molar-refractivity contribution >= 4 is 23.2 Å². The minimum atomic E-state index is -4.68. The topological polar surface area (TPSA) is 109 Å². The molecule has 12 heteroatoms. The van der Waals surface area contributed by atoms with Gasteiger partial charge in [0.25, 0.3) is 5.91 Å². The number of hydrogen-bond acceptors (Lipinski definition) is 8. The zero-order valence-electron chi connectivity index (χ0n) is 24.8. The van der Waals surface area contributed by atoms with E-state index in [0.717, 1.165) is 41.3 Å². The van der Waals surface area contributed by atoms with Gasteiger partial charge in [-0.25, -0.2) is 9.97 Å². The molecule has 1 unspecified atom stereocenters. The Hall–Kier alpha value is -5.10. The summed E-state index contributed by atoms with van der Waals surface area (Å²) in [5.41, 5.74) is 3.89. The summed E-state index contributed by atoms with van der Waals surface area (Å²) in [7, 11) is 1.94. The molecule has 4 heterocycles. The van der Waals surface area contributed by atoms with Gasteiger partial charge in [0.15, 0.2) is 5.76 Å². The fraction of sp³-hybridized carbons (Fsp3) is 0.242. The van der Waals surface area contributed by atoms with Crippen LogP contribution in [-0.4, -0.2) is 51.1 Å². The molecule has 45 heavy (non-hydrogen) atoms. The van der Waals surface area contributed by atoms with Crippen molar-refractivity contribution in [2.75, 3.05) is 30.8 Å². The van der Waals surface area contributed by atoms with Gasteiger partial charge < -0.3 is 20.1 Å². The van der Waals surface area contributed by atoms with Crippen molar-refractivity contribution in [1.82, 2.24) is 25.0 Å². The maximum Gasteiger partial charge on any atom is 0.417 e. The predicted molar refractivity (Wildman–Crippen MR) is 164 cm³/mol. The normalized spacial score (nSPS) is 15.3. The molecule has 1 aliphatic rings. The van der Waals surface area contributed by atoms with Crippen molar-refractivity contribution in [3.05, 3.63) is 101 Å². The van der Waals surface area contributed by atoms with E-state index in [1.165, 1.54) is 6.07 Å². The molecule has 1 fully saturated rings. The number of hydrogen-bond donors (Lipinski definition) is 2. The Kier molecular flexibility index (Phi) is 8.07. The third-order valence-corrected chi connectivity index (χ3v) is 7.90. The molecule has 9 nitrogen and oxygen atoms in total. The molecule has 1 aliphatic heterocycles. The maximum atomic E-state index is 14.1. The highest BCUT2D eigenvalue weighted by Gasteiger charge is 2.36. The first-order chi connectivity index (χ1) is 21.5. The van der Waals surface area contributed by atoms with Gasteiger partial charge in [0.05, 0.1) is 23.0 Å². The van der Waals surface area contributed by atoms with Crippen LogP contribution >= 0.6 is 0 Å². The van der Waals surface area contributed by atoms with Crippen molar-refractivity contribution in [1.29, 1.82) is 0 Å². The fourth-order valence-corrected chi connectivity index (χ4v) is 5.46. The number of benzene rings is 2. The van der Waals surface area contributed by atoms with E-state index in [-0.39, 0.29) is 11.9 Å². The van der Waals surface area contributed by atoms with Crippen molar-refractivity contribution in [3.63, 3.8) is 0 Å². The molecule has 1 atom stereocenters. The van der Waals surface area contributed by atoms with Gasteiger partial charge in [-0.3, -0.25) is 9.78 Å². The number of carbonyl (C=O) groups excluding carboxylic acids is 1. The Morgan fingerprint density at radius 1 is 1.00 bits per heavy atom. The number of pyridine rings is 1. The van der Waals surface area contributed by atoms with Gasteiger partial charge in [0, 0.05) is 53.2 Å². The Bertz CT molecular complexity index is 1870. The number of likely N-dealkylation sites (tertiary alicyclic amines) is 1. The van der Waals surface area contributed by atoms with Crippen molar-refractivity contribution in [2.45, 2.75) is 32.4 Å². The molecular weight excluding hydrogens is 583 g/mol. The number of carbonyl (C=O) groups is 1. The molecule has 0 spiro atoms. The summed E-state index contributed by atoms with van der Waals surface area (Å²) >= 11 is 0. The molecule has 1 saturated heterocycles. The number of likely N-dealkylation sites (N-methyl/N-ethyl adjacent to an activating group) is 1. The van der Waals surface area contributed by atoms with Crippen LogP contribution in [0, 0.1) is 13.8 Å². The molecular formula is C33H30F3N7O2. The molecule has 3 aromatic heterocycles. The van der Waals surface area contributed by atoms with E-state index in [1.807, 2.05) is 27.0 Å². The monoisotopic (exact) mass is 613 g/mol. The second-order valence-electron chi connectivity index (χ2n) is 11.2. The molecule has 0 aliphatic carbocycles. The zero-order chi connectivity index (χ0) is 31.7. The third-order valence-electron chi connectivity index (χ3n) is 7.90. The highest BCUT2D eigenvalue weighted by atomic mass is 19.4. The molecule has 1 amide bonds. The van der Waals surface area contributed by atoms with Crippen LogP contribution in [0.25, 0.3) is 22.6 Å². The van der Waals surface area contributed by atoms with E-state index in [9.17, 15) is 18.0 Å². The van der Waals surface area contributed by atoms with Crippen LogP contribution in [0.2, 0.25) is 0 Å². The lowest BCUT2D eigenvalue weighted by Crippen LogP contribution is -2.20. The number of amides is 1. The predicted octanol–water partition coefficient (Wildman–Crippen LogP) is 7.24. The van der Waals surface area contributed by atoms with Crippen LogP contribution in [-0.2, 0) is 6.18 Å². The average Bonchev–Trinajstić information content (AvgIpc) is 3.66. The highest BCUT2D eigenvalue weighted by molar-refractivity contribution is 6.05. The summed E-state index contributed by atoms with van der Waals surface area (Å²) in [6.07, 6.45) is 2.69. The van der Waals surface area contributed by atoms with Crippen LogP contribution in [0.5, 0.6) is 0 Å². The lowest BCUT2D eigenvalue weighted by atomic mass is 9.93. The number of aromatic nitrogens is 4. The van der Waals surface area contributed by atoms with Gasteiger partial charge in [0.2, 0.25) is 5.95 Å². The van der Waals surface area contributed by atoms with E-state index in [4.69, 9.17) is 4.52 Å². The molecule has 0 saturated carbocycles. The zero-order valence-corrected chi connectivity index (χ0v) is 24.8. The standard InChI is InChI=1S/C33H30F3N7O2/c1-19-4-6-25(40-31(44)26-7-5-21(13-27(26)33(34,35)36)22-9-11-43(3)18-22)14-29(19)42-32-38-10-8-28(41-32)23-12-24(17-37-16-23)30-20(2)15-39-45-30/h4-8,10,12-17,22H,9,11,18H2,1-3H3,(H,40,44)(H,38,41,42). The lowest BCUT2D eigenvalue weighted by molar-refractivity contribution is -0.138. The van der Waals surface area contributed by atoms with Gasteiger partial charge in [-0.2, -0.15) is 13.2 Å². The smallest absolute Gasteiger partial charge is 0.356 e. The Morgan fingerprint density at radius 2 is 1.82 bits per heavy atom. The Balaban J connectivity index is 1.22. The van der Waals surface area contributed by atoms with Gasteiger partial charge in [-0.15, -0.1) is 0 Å². The first-order valence-corrected chi connectivity index (χ1v) is 14.3. The third kappa shape index (κ3) is 6.55. The van der Waals surface area contributed by atoms with E-state index in [2.05, 4.69) is 35.6 Å². The van der Waals surface area contributed by atoms with Crippen LogP contribution < -0.4 is 10.6 Å². The number of anilines is 3. The number of halogens is 3. The summed E-state index contributed by atoms with van der Waals surface area (Å²) < 4.78 is 47.6. The van der Waals surface area contributed by atoms with Crippen LogP contribution in [0.1, 0.15) is 45.0 Å². The second-order valence-corrected chi connectivity index (χ2v) is 11.2. The summed E-state index contributed by atoms with van der Waals surface area (Å²) in [6.45, 7) is 5.25. The summed E-state index contributed by atoms with van der Waals surface area (Å²) in [5.74, 6) is 0.0521. The van der Waals surface area contributed by atoms with Gasteiger partial charge >= 0.3 is 6.18 Å².